The van der Waals surface area contributed by atoms with Crippen molar-refractivity contribution in [1.82, 2.24) is 4.90 Å². The van der Waals surface area contributed by atoms with Crippen molar-refractivity contribution < 1.29 is 9.59 Å². The number of para-hydroxylation sites is 1. The van der Waals surface area contributed by atoms with E-state index in [9.17, 15) is 9.59 Å². The summed E-state index contributed by atoms with van der Waals surface area (Å²) < 4.78 is 0. The van der Waals surface area contributed by atoms with Crippen LogP contribution in [0.1, 0.15) is 6.42 Å². The van der Waals surface area contributed by atoms with E-state index in [0.29, 0.717) is 5.75 Å². The second-order valence-electron chi connectivity index (χ2n) is 5.08. The van der Waals surface area contributed by atoms with Gasteiger partial charge in [0.05, 0.1) is 11.4 Å². The molecule has 1 aromatic carbocycles. The molecule has 0 aliphatic carbocycles. The van der Waals surface area contributed by atoms with Crippen molar-refractivity contribution >= 4 is 41.0 Å². The fraction of sp³-hybridized carbons (Fsp3) is 0.467. The Hall–Kier alpha value is -1.14. The number of carbonyl (C=O) groups excluding carboxylic acids is 2. The largest absolute Gasteiger partial charge is 0.340 e. The maximum absolute atomic E-state index is 12.5. The second-order valence-corrected chi connectivity index (χ2v) is 7.32. The van der Waals surface area contributed by atoms with Crippen LogP contribution in [-0.4, -0.2) is 53.6 Å². The number of carbonyl (C=O) groups is 2. The van der Waals surface area contributed by atoms with Crippen LogP contribution in [0.25, 0.3) is 0 Å². The van der Waals surface area contributed by atoms with Crippen LogP contribution in [0, 0.1) is 0 Å². The molecule has 0 saturated carbocycles. The van der Waals surface area contributed by atoms with Crippen molar-refractivity contribution in [1.29, 1.82) is 0 Å². The Labute approximate surface area is 133 Å². The summed E-state index contributed by atoms with van der Waals surface area (Å²) in [5.41, 5.74) is 0.872. The molecule has 112 valence electrons. The monoisotopic (exact) mass is 322 g/mol. The van der Waals surface area contributed by atoms with Gasteiger partial charge in [-0.2, -0.15) is 11.8 Å². The quantitative estimate of drug-likeness (QED) is 0.836. The summed E-state index contributed by atoms with van der Waals surface area (Å²) >= 11 is 3.44. The van der Waals surface area contributed by atoms with Crippen molar-refractivity contribution in [2.24, 2.45) is 0 Å². The van der Waals surface area contributed by atoms with Crippen LogP contribution in [-0.2, 0) is 9.59 Å². The molecule has 0 aromatic heterocycles. The minimum absolute atomic E-state index is 0.0243. The molecule has 2 heterocycles. The molecule has 0 radical (unpaired) electrons. The molecule has 2 amide bonds. The zero-order valence-corrected chi connectivity index (χ0v) is 13.4. The fourth-order valence-corrected chi connectivity index (χ4v) is 4.38. The van der Waals surface area contributed by atoms with Gasteiger partial charge in [0, 0.05) is 23.7 Å². The molecule has 2 aliphatic heterocycles. The Bertz CT molecular complexity index is 542. The fourth-order valence-electron chi connectivity index (χ4n) is 2.56. The van der Waals surface area contributed by atoms with Crippen molar-refractivity contribution in [3.8, 4) is 0 Å². The minimum Gasteiger partial charge on any atom is -0.340 e. The van der Waals surface area contributed by atoms with Gasteiger partial charge in [0.1, 0.15) is 6.54 Å². The van der Waals surface area contributed by atoms with E-state index in [0.717, 1.165) is 41.6 Å². The van der Waals surface area contributed by atoms with Gasteiger partial charge < -0.3 is 9.80 Å². The molecule has 0 spiro atoms. The lowest BCUT2D eigenvalue weighted by Crippen LogP contribution is -2.45. The number of nitrogens with zero attached hydrogens (tertiary/aromatic N) is 2. The van der Waals surface area contributed by atoms with Crippen molar-refractivity contribution in [2.75, 3.05) is 41.8 Å². The molecule has 1 saturated heterocycles. The highest BCUT2D eigenvalue weighted by Gasteiger charge is 2.28. The molecular formula is C15H18N2O2S2. The summed E-state index contributed by atoms with van der Waals surface area (Å²) in [5.74, 6) is 2.61. The molecule has 0 atom stereocenters. The summed E-state index contributed by atoms with van der Waals surface area (Å²) in [6, 6.07) is 7.81. The molecule has 0 N–H and O–H groups in total. The van der Waals surface area contributed by atoms with Gasteiger partial charge in [-0.25, -0.2) is 0 Å². The summed E-state index contributed by atoms with van der Waals surface area (Å²) in [4.78, 5) is 29.3. The van der Waals surface area contributed by atoms with Gasteiger partial charge in [0.15, 0.2) is 0 Å². The molecule has 0 bridgehead atoms. The summed E-state index contributed by atoms with van der Waals surface area (Å²) in [6.07, 6.45) is 1.04. The molecule has 1 fully saturated rings. The lowest BCUT2D eigenvalue weighted by Gasteiger charge is -2.30. The lowest BCUT2D eigenvalue weighted by atomic mass is 10.2. The van der Waals surface area contributed by atoms with Crippen LogP contribution in [0.5, 0.6) is 0 Å². The first-order valence-corrected chi connectivity index (χ1v) is 9.27. The average molecular weight is 322 g/mol. The van der Waals surface area contributed by atoms with Gasteiger partial charge in [-0.1, -0.05) is 12.1 Å². The lowest BCUT2D eigenvalue weighted by molar-refractivity contribution is -0.130. The number of benzene rings is 1. The van der Waals surface area contributed by atoms with Crippen molar-refractivity contribution in [3.05, 3.63) is 24.3 Å². The SMILES string of the molecule is O=C(CN1C(=O)CSc2ccccc21)N1CCCSCC1. The van der Waals surface area contributed by atoms with Gasteiger partial charge in [-0.3, -0.25) is 9.59 Å². The second kappa shape index (κ2) is 6.75. The highest BCUT2D eigenvalue weighted by molar-refractivity contribution is 8.00. The Morgan fingerprint density at radius 3 is 2.95 bits per heavy atom. The topological polar surface area (TPSA) is 40.6 Å². The van der Waals surface area contributed by atoms with E-state index in [2.05, 4.69) is 0 Å². The molecular weight excluding hydrogens is 304 g/mol. The first-order valence-electron chi connectivity index (χ1n) is 7.13. The number of hydrogen-bond acceptors (Lipinski definition) is 4. The highest BCUT2D eigenvalue weighted by atomic mass is 32.2. The van der Waals surface area contributed by atoms with Crippen LogP contribution in [0.2, 0.25) is 0 Å². The number of amides is 2. The zero-order valence-electron chi connectivity index (χ0n) is 11.8. The van der Waals surface area contributed by atoms with E-state index < -0.39 is 0 Å². The van der Waals surface area contributed by atoms with Crippen LogP contribution in [0.15, 0.2) is 29.2 Å². The highest BCUT2D eigenvalue weighted by Crippen LogP contribution is 2.34. The van der Waals surface area contributed by atoms with E-state index in [1.165, 1.54) is 0 Å². The van der Waals surface area contributed by atoms with Crippen LogP contribution < -0.4 is 4.90 Å². The zero-order chi connectivity index (χ0) is 14.7. The van der Waals surface area contributed by atoms with E-state index in [1.807, 2.05) is 40.9 Å². The molecule has 6 heteroatoms. The van der Waals surface area contributed by atoms with Gasteiger partial charge in [-0.05, 0) is 24.3 Å². The molecule has 21 heavy (non-hydrogen) atoms. The number of hydrogen-bond donors (Lipinski definition) is 0. The third kappa shape index (κ3) is 3.37. The third-order valence-corrected chi connectivity index (χ3v) is 5.77. The third-order valence-electron chi connectivity index (χ3n) is 3.68. The van der Waals surface area contributed by atoms with E-state index >= 15 is 0 Å². The summed E-state index contributed by atoms with van der Waals surface area (Å²) in [7, 11) is 0. The van der Waals surface area contributed by atoms with E-state index in [-0.39, 0.29) is 18.4 Å². The predicted molar refractivity (Wildman–Crippen MR) is 88.0 cm³/mol. The first-order chi connectivity index (χ1) is 10.3. The van der Waals surface area contributed by atoms with E-state index in [4.69, 9.17) is 0 Å². The maximum Gasteiger partial charge on any atom is 0.242 e. The van der Waals surface area contributed by atoms with Gasteiger partial charge >= 0.3 is 0 Å². The van der Waals surface area contributed by atoms with Gasteiger partial charge in [0.25, 0.3) is 0 Å². The van der Waals surface area contributed by atoms with Gasteiger partial charge in [0.2, 0.25) is 11.8 Å². The Kier molecular flexibility index (Phi) is 4.75. The molecule has 1 aromatic rings. The average Bonchev–Trinajstić information content (AvgIpc) is 2.79. The standard InChI is InChI=1S/C15H18N2O2S2/c18-14(16-6-3-8-20-9-7-16)10-17-12-4-1-2-5-13(12)21-11-15(17)19/h1-2,4-5H,3,6-11H2. The van der Waals surface area contributed by atoms with E-state index in [1.54, 1.807) is 16.7 Å². The predicted octanol–water partition coefficient (Wildman–Crippen LogP) is 2.09. The number of rotatable bonds is 2. The number of thioether (sulfide) groups is 2. The Morgan fingerprint density at radius 1 is 1.19 bits per heavy atom. The van der Waals surface area contributed by atoms with Crippen LogP contribution >= 0.6 is 23.5 Å². The van der Waals surface area contributed by atoms with Crippen molar-refractivity contribution in [2.45, 2.75) is 11.3 Å². The van der Waals surface area contributed by atoms with Crippen LogP contribution in [0.3, 0.4) is 0 Å². The molecule has 0 unspecified atom stereocenters. The van der Waals surface area contributed by atoms with Crippen LogP contribution in [0.4, 0.5) is 5.69 Å². The minimum atomic E-state index is 0.0243. The maximum atomic E-state index is 12.5. The van der Waals surface area contributed by atoms with Gasteiger partial charge in [-0.15, -0.1) is 11.8 Å². The smallest absolute Gasteiger partial charge is 0.242 e. The number of anilines is 1. The molecule has 3 rings (SSSR count). The summed E-state index contributed by atoms with van der Waals surface area (Å²) in [5, 5.41) is 0. The first kappa shape index (κ1) is 14.8. The molecule has 4 nitrogen and oxygen atoms in total. The van der Waals surface area contributed by atoms with Crippen molar-refractivity contribution in [3.63, 3.8) is 0 Å². The molecule has 2 aliphatic rings. The summed E-state index contributed by atoms with van der Waals surface area (Å²) in [6.45, 7) is 1.77. The Balaban J connectivity index is 1.74. The number of fused-ring (bicyclic) bond motifs is 1. The normalized spacial score (nSPS) is 19.1. The Morgan fingerprint density at radius 2 is 2.05 bits per heavy atom.